The van der Waals surface area contributed by atoms with Gasteiger partial charge in [-0.05, 0) is 18.8 Å². The van der Waals surface area contributed by atoms with Gasteiger partial charge in [0.05, 0.1) is 0 Å². The minimum absolute atomic E-state index is 0.467. The van der Waals surface area contributed by atoms with Gasteiger partial charge in [-0.1, -0.05) is 46.0 Å². The summed E-state index contributed by atoms with van der Waals surface area (Å²) in [7, 11) is 0. The van der Waals surface area contributed by atoms with E-state index in [-0.39, 0.29) is 0 Å². The maximum Gasteiger partial charge on any atom is 0.148 e. The summed E-state index contributed by atoms with van der Waals surface area (Å²) in [6.45, 7) is 4.40. The zero-order valence-corrected chi connectivity index (χ0v) is 11.1. The van der Waals surface area contributed by atoms with Crippen LogP contribution in [-0.4, -0.2) is 10.2 Å². The summed E-state index contributed by atoms with van der Waals surface area (Å²) in [5.74, 6) is 1.82. The van der Waals surface area contributed by atoms with E-state index in [9.17, 15) is 0 Å². The molecule has 3 nitrogen and oxygen atoms in total. The van der Waals surface area contributed by atoms with Crippen molar-refractivity contribution in [2.24, 2.45) is 0 Å². The number of nitrogens with zero attached hydrogens (tertiary/aromatic N) is 1. The predicted octanol–water partition coefficient (Wildman–Crippen LogP) is 3.94. The van der Waals surface area contributed by atoms with Crippen LogP contribution in [0.5, 0.6) is 0 Å². The number of anilines is 1. The Morgan fingerprint density at radius 2 is 1.71 bits per heavy atom. The van der Waals surface area contributed by atoms with Crippen molar-refractivity contribution in [2.75, 3.05) is 5.73 Å². The van der Waals surface area contributed by atoms with Crippen molar-refractivity contribution < 1.29 is 0 Å². The summed E-state index contributed by atoms with van der Waals surface area (Å²) in [5, 5.41) is 7.42. The molecule has 0 atom stereocenters. The van der Waals surface area contributed by atoms with Crippen LogP contribution in [0.1, 0.15) is 81.9 Å². The lowest BCUT2D eigenvalue weighted by molar-refractivity contribution is 0.446. The fourth-order valence-corrected chi connectivity index (χ4v) is 3.04. The van der Waals surface area contributed by atoms with E-state index >= 15 is 0 Å². The van der Waals surface area contributed by atoms with Gasteiger partial charge in [-0.3, -0.25) is 5.10 Å². The highest BCUT2D eigenvalue weighted by Gasteiger charge is 2.22. The van der Waals surface area contributed by atoms with Gasteiger partial charge in [-0.25, -0.2) is 0 Å². The monoisotopic (exact) mass is 235 g/mol. The molecule has 1 aliphatic rings. The largest absolute Gasteiger partial charge is 0.382 e. The van der Waals surface area contributed by atoms with Crippen LogP contribution >= 0.6 is 0 Å². The summed E-state index contributed by atoms with van der Waals surface area (Å²) >= 11 is 0. The van der Waals surface area contributed by atoms with Crippen molar-refractivity contribution >= 4 is 5.82 Å². The topological polar surface area (TPSA) is 54.7 Å². The Kier molecular flexibility index (Phi) is 4.08. The van der Waals surface area contributed by atoms with Crippen molar-refractivity contribution in [3.8, 4) is 0 Å². The molecule has 2 rings (SSSR count). The minimum atomic E-state index is 0.467. The summed E-state index contributed by atoms with van der Waals surface area (Å²) in [6, 6.07) is 0. The first-order valence-electron chi connectivity index (χ1n) is 7.03. The van der Waals surface area contributed by atoms with E-state index < -0.39 is 0 Å². The van der Waals surface area contributed by atoms with Crippen LogP contribution in [0.4, 0.5) is 5.82 Å². The van der Waals surface area contributed by atoms with Crippen molar-refractivity contribution in [3.05, 3.63) is 11.3 Å². The lowest BCUT2D eigenvalue weighted by Gasteiger charge is -2.20. The van der Waals surface area contributed by atoms with Gasteiger partial charge in [-0.15, -0.1) is 0 Å². The van der Waals surface area contributed by atoms with E-state index in [0.717, 1.165) is 0 Å². The second-order valence-corrected chi connectivity index (χ2v) is 5.63. The standard InChI is InChI=1S/C14H25N3/c1-10(2)12-13(16-17-14(12)15)11-8-6-4-3-5-7-9-11/h10-11H,3-9H2,1-2H3,(H3,15,16,17). The summed E-state index contributed by atoms with van der Waals surface area (Å²) in [4.78, 5) is 0. The van der Waals surface area contributed by atoms with E-state index in [0.29, 0.717) is 17.7 Å². The number of nitrogens with two attached hydrogens (primary N) is 1. The molecule has 0 bridgehead atoms. The third-order valence-electron chi connectivity index (χ3n) is 3.95. The lowest BCUT2D eigenvalue weighted by Crippen LogP contribution is -2.07. The van der Waals surface area contributed by atoms with Crippen LogP contribution in [0.2, 0.25) is 0 Å². The summed E-state index contributed by atoms with van der Waals surface area (Å²) in [6.07, 6.45) is 9.47. The first-order chi connectivity index (χ1) is 8.20. The molecule has 96 valence electrons. The minimum Gasteiger partial charge on any atom is -0.382 e. The van der Waals surface area contributed by atoms with Crippen molar-refractivity contribution in [1.82, 2.24) is 10.2 Å². The SMILES string of the molecule is CC(C)c1c(N)n[nH]c1C1CCCCCCC1. The van der Waals surface area contributed by atoms with Gasteiger partial charge in [-0.2, -0.15) is 5.10 Å². The van der Waals surface area contributed by atoms with Crippen LogP contribution in [0.15, 0.2) is 0 Å². The molecule has 1 aromatic heterocycles. The van der Waals surface area contributed by atoms with Gasteiger partial charge in [0.1, 0.15) is 5.82 Å². The molecule has 0 radical (unpaired) electrons. The second kappa shape index (κ2) is 5.56. The lowest BCUT2D eigenvalue weighted by atomic mass is 9.85. The molecular formula is C14H25N3. The Balaban J connectivity index is 2.19. The van der Waals surface area contributed by atoms with E-state index in [2.05, 4.69) is 24.0 Å². The average molecular weight is 235 g/mol. The number of hydrogen-bond acceptors (Lipinski definition) is 2. The maximum absolute atomic E-state index is 5.98. The Morgan fingerprint density at radius 1 is 1.12 bits per heavy atom. The molecular weight excluding hydrogens is 210 g/mol. The van der Waals surface area contributed by atoms with E-state index in [1.807, 2.05) is 0 Å². The maximum atomic E-state index is 5.98. The Hall–Kier alpha value is -0.990. The highest BCUT2D eigenvalue weighted by atomic mass is 15.2. The molecule has 3 heteroatoms. The molecule has 1 aromatic rings. The van der Waals surface area contributed by atoms with Crippen LogP contribution < -0.4 is 5.73 Å². The molecule has 0 saturated heterocycles. The Morgan fingerprint density at radius 3 is 2.29 bits per heavy atom. The van der Waals surface area contributed by atoms with Crippen LogP contribution in [-0.2, 0) is 0 Å². The van der Waals surface area contributed by atoms with Gasteiger partial charge < -0.3 is 5.73 Å². The number of nitrogens with one attached hydrogen (secondary N) is 1. The first kappa shape index (κ1) is 12.5. The van der Waals surface area contributed by atoms with Gasteiger partial charge in [0, 0.05) is 17.2 Å². The quantitative estimate of drug-likeness (QED) is 0.815. The molecule has 3 N–H and O–H groups in total. The molecule has 0 unspecified atom stereocenters. The van der Waals surface area contributed by atoms with E-state index in [1.165, 1.54) is 56.2 Å². The number of hydrogen-bond donors (Lipinski definition) is 2. The average Bonchev–Trinajstić information content (AvgIpc) is 2.59. The van der Waals surface area contributed by atoms with Crippen LogP contribution in [0.3, 0.4) is 0 Å². The molecule has 1 saturated carbocycles. The highest BCUT2D eigenvalue weighted by molar-refractivity contribution is 5.45. The van der Waals surface area contributed by atoms with Gasteiger partial charge in [0.15, 0.2) is 0 Å². The zero-order chi connectivity index (χ0) is 12.3. The smallest absolute Gasteiger partial charge is 0.148 e. The number of rotatable bonds is 2. The molecule has 0 spiro atoms. The van der Waals surface area contributed by atoms with E-state index in [4.69, 9.17) is 5.73 Å². The Bertz CT molecular complexity index is 346. The molecule has 0 aliphatic heterocycles. The third kappa shape index (κ3) is 2.82. The second-order valence-electron chi connectivity index (χ2n) is 5.63. The number of H-pyrrole nitrogens is 1. The van der Waals surface area contributed by atoms with Crippen molar-refractivity contribution in [1.29, 1.82) is 0 Å². The number of aromatic amines is 1. The first-order valence-corrected chi connectivity index (χ1v) is 7.03. The van der Waals surface area contributed by atoms with Crippen LogP contribution in [0.25, 0.3) is 0 Å². The van der Waals surface area contributed by atoms with Crippen molar-refractivity contribution in [2.45, 2.75) is 70.6 Å². The molecule has 1 heterocycles. The van der Waals surface area contributed by atoms with E-state index in [1.54, 1.807) is 0 Å². The fraction of sp³-hybridized carbons (Fsp3) is 0.786. The normalized spacial score (nSPS) is 19.2. The molecule has 1 fully saturated rings. The van der Waals surface area contributed by atoms with Gasteiger partial charge >= 0.3 is 0 Å². The third-order valence-corrected chi connectivity index (χ3v) is 3.95. The highest BCUT2D eigenvalue weighted by Crippen LogP contribution is 2.35. The molecule has 17 heavy (non-hydrogen) atoms. The predicted molar refractivity (Wildman–Crippen MR) is 72.1 cm³/mol. The van der Waals surface area contributed by atoms with Crippen molar-refractivity contribution in [3.63, 3.8) is 0 Å². The number of nitrogen functional groups attached to an aromatic ring is 1. The molecule has 0 aromatic carbocycles. The van der Waals surface area contributed by atoms with Gasteiger partial charge in [0.25, 0.3) is 0 Å². The fourth-order valence-electron chi connectivity index (χ4n) is 3.04. The van der Waals surface area contributed by atoms with Gasteiger partial charge in [0.2, 0.25) is 0 Å². The zero-order valence-electron chi connectivity index (χ0n) is 11.1. The molecule has 0 amide bonds. The summed E-state index contributed by atoms with van der Waals surface area (Å²) in [5.41, 5.74) is 8.56. The van der Waals surface area contributed by atoms with Crippen LogP contribution in [0, 0.1) is 0 Å². The summed E-state index contributed by atoms with van der Waals surface area (Å²) < 4.78 is 0. The molecule has 1 aliphatic carbocycles. The Labute approximate surface area is 104 Å². The number of aromatic nitrogens is 2.